The fourth-order valence-corrected chi connectivity index (χ4v) is 6.92. The smallest absolute Gasteiger partial charge is 0.284 e. The molecule has 1 saturated heterocycles. The van der Waals surface area contributed by atoms with E-state index < -0.39 is 16.5 Å². The molecule has 1 heterocycles. The van der Waals surface area contributed by atoms with Crippen molar-refractivity contribution in [2.75, 3.05) is 13.2 Å². The first-order valence-corrected chi connectivity index (χ1v) is 13.8. The fourth-order valence-electron chi connectivity index (χ4n) is 5.30. The summed E-state index contributed by atoms with van der Waals surface area (Å²) in [5.74, 6) is 0.449. The van der Waals surface area contributed by atoms with Crippen molar-refractivity contribution in [3.05, 3.63) is 0 Å². The lowest BCUT2D eigenvalue weighted by atomic mass is 9.56. The Morgan fingerprint density at radius 1 is 1.03 bits per heavy atom. The molecule has 0 amide bonds. The van der Waals surface area contributed by atoms with Crippen LogP contribution >= 0.6 is 11.9 Å². The van der Waals surface area contributed by atoms with E-state index in [1.165, 1.54) is 0 Å². The van der Waals surface area contributed by atoms with Gasteiger partial charge in [0.25, 0.3) is 7.41 Å². The molecule has 0 aliphatic carbocycles. The summed E-state index contributed by atoms with van der Waals surface area (Å²) < 4.78 is 2.30. The number of nitrogens with one attached hydrogen (secondary N) is 2. The monoisotopic (exact) mass is 481 g/mol. The summed E-state index contributed by atoms with van der Waals surface area (Å²) in [6.07, 6.45) is 4.66. The predicted octanol–water partition coefficient (Wildman–Crippen LogP) is 4.07. The quantitative estimate of drug-likeness (QED) is 0.270. The molecule has 2 N–H and O–H groups in total. The van der Waals surface area contributed by atoms with Gasteiger partial charge in [0, 0.05) is 23.4 Å². The van der Waals surface area contributed by atoms with Crippen LogP contribution < -0.4 is 10.5 Å². The van der Waals surface area contributed by atoms with Crippen molar-refractivity contribution in [1.82, 2.24) is 14.8 Å². The number of rotatable bonds is 15. The van der Waals surface area contributed by atoms with Crippen molar-refractivity contribution in [3.63, 3.8) is 0 Å². The Morgan fingerprint density at radius 2 is 1.61 bits per heavy atom. The first kappa shape index (κ1) is 30.3. The summed E-state index contributed by atoms with van der Waals surface area (Å²) in [4.78, 5) is 39.1. The molecule has 1 fully saturated rings. The zero-order chi connectivity index (χ0) is 25.4. The molecule has 3 atom stereocenters. The summed E-state index contributed by atoms with van der Waals surface area (Å²) in [6, 6.07) is 0. The Labute approximate surface area is 207 Å². The lowest BCUT2D eigenvalue weighted by Crippen LogP contribution is -2.65. The van der Waals surface area contributed by atoms with Crippen LogP contribution in [0.2, 0.25) is 0 Å². The standard InChI is InChI=1S/C25H48BN3O3S/c1-10-19(11-2)21(31)20-16-27-17-29(33-20)25(14-5,15-6)23(8,12-3)22(32)26-28-24(9,13-4)18(7)30/h19-20,26-28H,10-17H2,1-9H3. The van der Waals surface area contributed by atoms with Gasteiger partial charge in [0.05, 0.1) is 17.5 Å². The van der Waals surface area contributed by atoms with E-state index in [0.717, 1.165) is 25.7 Å². The molecule has 0 bridgehead atoms. The molecule has 3 unspecified atom stereocenters. The summed E-state index contributed by atoms with van der Waals surface area (Å²) in [6.45, 7) is 19.4. The summed E-state index contributed by atoms with van der Waals surface area (Å²) in [5.41, 5.74) is -1.59. The topological polar surface area (TPSA) is 78.5 Å². The molecule has 6 nitrogen and oxygen atoms in total. The predicted molar refractivity (Wildman–Crippen MR) is 142 cm³/mol. The van der Waals surface area contributed by atoms with Crippen LogP contribution in [0.4, 0.5) is 0 Å². The van der Waals surface area contributed by atoms with Crippen molar-refractivity contribution >= 4 is 36.6 Å². The lowest BCUT2D eigenvalue weighted by molar-refractivity contribution is -0.129. The van der Waals surface area contributed by atoms with Crippen molar-refractivity contribution < 1.29 is 14.4 Å². The maximum atomic E-state index is 13.8. The van der Waals surface area contributed by atoms with Crippen molar-refractivity contribution in [1.29, 1.82) is 0 Å². The van der Waals surface area contributed by atoms with Crippen LogP contribution in [0, 0.1) is 11.3 Å². The molecular formula is C25H48BN3O3S. The van der Waals surface area contributed by atoms with Gasteiger partial charge in [-0.25, -0.2) is 4.31 Å². The Morgan fingerprint density at radius 3 is 2.03 bits per heavy atom. The highest BCUT2D eigenvalue weighted by Crippen LogP contribution is 2.48. The molecule has 8 heteroatoms. The first-order valence-electron chi connectivity index (χ1n) is 12.9. The van der Waals surface area contributed by atoms with Gasteiger partial charge in [0.1, 0.15) is 11.5 Å². The second-order valence-corrected chi connectivity index (χ2v) is 11.2. The van der Waals surface area contributed by atoms with Crippen LogP contribution in [0.1, 0.15) is 101 Å². The number of carbonyl (C=O) groups is 3. The minimum Gasteiger partial charge on any atom is -0.341 e. The summed E-state index contributed by atoms with van der Waals surface area (Å²) in [7, 11) is 0.165. The maximum Gasteiger partial charge on any atom is 0.284 e. The molecule has 1 aliphatic heterocycles. The molecule has 0 aromatic heterocycles. The van der Waals surface area contributed by atoms with Gasteiger partial charge in [-0.05, 0) is 52.4 Å². The van der Waals surface area contributed by atoms with E-state index in [2.05, 4.69) is 56.4 Å². The number of Topliss-reactive ketones (excluding diaryl/α,β-unsaturated/α-hetero) is 2. The van der Waals surface area contributed by atoms with Gasteiger partial charge < -0.3 is 15.3 Å². The fraction of sp³-hybridized carbons (Fsp3) is 0.880. The second kappa shape index (κ2) is 12.8. The van der Waals surface area contributed by atoms with Gasteiger partial charge in [0.2, 0.25) is 0 Å². The first-order chi connectivity index (χ1) is 15.5. The van der Waals surface area contributed by atoms with Gasteiger partial charge in [-0.2, -0.15) is 0 Å². The van der Waals surface area contributed by atoms with Gasteiger partial charge in [-0.15, -0.1) is 0 Å². The van der Waals surface area contributed by atoms with Crippen molar-refractivity contribution in [3.8, 4) is 0 Å². The van der Waals surface area contributed by atoms with E-state index in [-0.39, 0.29) is 30.0 Å². The van der Waals surface area contributed by atoms with Crippen LogP contribution in [0.5, 0.6) is 0 Å². The van der Waals surface area contributed by atoms with E-state index in [1.807, 2.05) is 13.8 Å². The number of nitrogens with zero attached hydrogens (tertiary/aromatic N) is 1. The molecule has 0 aromatic rings. The summed E-state index contributed by atoms with van der Waals surface area (Å²) in [5, 5.41) is 6.61. The molecule has 0 aromatic carbocycles. The second-order valence-electron chi connectivity index (χ2n) is 9.94. The average molecular weight is 482 g/mol. The molecule has 190 valence electrons. The number of ketones is 2. The van der Waals surface area contributed by atoms with Crippen molar-refractivity contribution in [2.24, 2.45) is 11.3 Å². The Bertz CT molecular complexity index is 684. The molecule has 1 aliphatic rings. The Balaban J connectivity index is 3.25. The molecule has 1 rings (SSSR count). The van der Waals surface area contributed by atoms with Gasteiger partial charge in [-0.1, -0.05) is 60.4 Å². The molecule has 33 heavy (non-hydrogen) atoms. The lowest BCUT2D eigenvalue weighted by Gasteiger charge is -2.55. The highest BCUT2D eigenvalue weighted by atomic mass is 32.2. The zero-order valence-corrected chi connectivity index (χ0v) is 23.4. The SMILES string of the molecule is CCC(CC)C(=O)C1CNCN(C(CC)(CC)C(C)(CC)C(=O)BNC(C)(CC)C(C)=O)S1. The minimum atomic E-state index is -0.695. The van der Waals surface area contributed by atoms with Gasteiger partial charge in [0.15, 0.2) is 5.78 Å². The van der Waals surface area contributed by atoms with E-state index >= 15 is 0 Å². The van der Waals surface area contributed by atoms with Crippen LogP contribution in [0.3, 0.4) is 0 Å². The highest BCUT2D eigenvalue weighted by Gasteiger charge is 2.54. The number of hydrogen-bond donors (Lipinski definition) is 2. The third kappa shape index (κ3) is 6.12. The minimum absolute atomic E-state index is 0.0480. The molecule has 0 radical (unpaired) electrons. The third-order valence-electron chi connectivity index (χ3n) is 8.66. The van der Waals surface area contributed by atoms with E-state index in [9.17, 15) is 14.4 Å². The Kier molecular flexibility index (Phi) is 11.8. The zero-order valence-electron chi connectivity index (χ0n) is 22.6. The van der Waals surface area contributed by atoms with E-state index in [0.29, 0.717) is 31.8 Å². The highest BCUT2D eigenvalue weighted by molar-refractivity contribution is 7.98. The van der Waals surface area contributed by atoms with Crippen molar-refractivity contribution in [2.45, 2.75) is 117 Å². The summed E-state index contributed by atoms with van der Waals surface area (Å²) >= 11 is 1.64. The van der Waals surface area contributed by atoms with E-state index in [1.54, 1.807) is 18.9 Å². The number of carbonyl (C=O) groups excluding carboxylic acids is 3. The van der Waals surface area contributed by atoms with E-state index in [4.69, 9.17) is 0 Å². The van der Waals surface area contributed by atoms with Crippen LogP contribution in [-0.4, -0.2) is 58.5 Å². The largest absolute Gasteiger partial charge is 0.341 e. The average Bonchev–Trinajstić information content (AvgIpc) is 2.83. The maximum absolute atomic E-state index is 13.8. The number of hydrogen-bond acceptors (Lipinski definition) is 7. The van der Waals surface area contributed by atoms with Crippen LogP contribution in [0.15, 0.2) is 0 Å². The van der Waals surface area contributed by atoms with Crippen LogP contribution in [0.25, 0.3) is 0 Å². The Hall–Kier alpha value is -0.695. The normalized spacial score (nSPS) is 21.3. The van der Waals surface area contributed by atoms with Gasteiger partial charge in [-0.3, -0.25) is 9.59 Å². The third-order valence-corrected chi connectivity index (χ3v) is 10.1. The van der Waals surface area contributed by atoms with Gasteiger partial charge >= 0.3 is 0 Å². The molecule has 0 spiro atoms. The molecular weight excluding hydrogens is 433 g/mol. The van der Waals surface area contributed by atoms with Crippen LogP contribution in [-0.2, 0) is 14.4 Å². The molecule has 0 saturated carbocycles.